The Morgan fingerprint density at radius 3 is 2.42 bits per heavy atom. The van der Waals surface area contributed by atoms with E-state index in [2.05, 4.69) is 11.1 Å². The number of hydrogen-bond acceptors (Lipinski definition) is 3. The first kappa shape index (κ1) is 25.2. The normalized spacial score (nSPS) is 16.7. The van der Waals surface area contributed by atoms with Crippen molar-refractivity contribution in [3.63, 3.8) is 0 Å². The summed E-state index contributed by atoms with van der Waals surface area (Å²) in [6, 6.07) is 4.97. The molecule has 3 heterocycles. The fourth-order valence-electron chi connectivity index (χ4n) is 3.44. The summed E-state index contributed by atoms with van der Waals surface area (Å²) >= 11 is 0. The van der Waals surface area contributed by atoms with E-state index in [0.29, 0.717) is 36.9 Å². The van der Waals surface area contributed by atoms with Crippen molar-refractivity contribution in [3.05, 3.63) is 46.0 Å². The zero-order valence-corrected chi connectivity index (χ0v) is 19.6. The SMILES string of the molecule is CO.Cn1c(=O)n(CC(F)(P)C(F)(F)F)c2c[nH+]c(-c3pcc(C4(C#N)CC4)cc3F)cc21. The van der Waals surface area contributed by atoms with Gasteiger partial charge in [0.05, 0.1) is 23.5 Å². The maximum absolute atomic E-state index is 14.8. The van der Waals surface area contributed by atoms with Crippen LogP contribution in [0.3, 0.4) is 0 Å². The van der Waals surface area contributed by atoms with Crippen molar-refractivity contribution < 1.29 is 32.0 Å². The number of rotatable bonds is 4. The fraction of sp³-hybridized carbons (Fsp3) is 0.400. The molecule has 1 aliphatic carbocycles. The zero-order chi connectivity index (χ0) is 24.8. The van der Waals surface area contributed by atoms with Gasteiger partial charge in [0.15, 0.2) is 6.20 Å². The van der Waals surface area contributed by atoms with E-state index in [1.54, 1.807) is 5.80 Å². The van der Waals surface area contributed by atoms with Gasteiger partial charge in [-0.2, -0.15) is 18.4 Å². The molecule has 0 aliphatic heterocycles. The van der Waals surface area contributed by atoms with Crippen LogP contribution in [0.15, 0.2) is 28.9 Å². The van der Waals surface area contributed by atoms with Gasteiger partial charge in [0, 0.05) is 20.2 Å². The van der Waals surface area contributed by atoms with Crippen LogP contribution in [0.25, 0.3) is 22.0 Å². The van der Waals surface area contributed by atoms with Crippen LogP contribution in [-0.2, 0) is 19.0 Å². The highest BCUT2D eigenvalue weighted by molar-refractivity contribution is 7.33. The second-order valence-electron chi connectivity index (χ2n) is 7.65. The minimum absolute atomic E-state index is 0.0556. The lowest BCUT2D eigenvalue weighted by molar-refractivity contribution is -0.362. The molecule has 2 N–H and O–H groups in total. The van der Waals surface area contributed by atoms with Gasteiger partial charge in [-0.3, -0.25) is 9.13 Å². The highest BCUT2D eigenvalue weighted by atomic mass is 31.0. The van der Waals surface area contributed by atoms with Gasteiger partial charge < -0.3 is 5.11 Å². The van der Waals surface area contributed by atoms with E-state index in [1.165, 1.54) is 25.4 Å². The van der Waals surface area contributed by atoms with Crippen molar-refractivity contribution in [2.45, 2.75) is 36.4 Å². The molecule has 0 saturated heterocycles. The lowest BCUT2D eigenvalue weighted by atomic mass is 10.0. The molecule has 13 heteroatoms. The third-order valence-electron chi connectivity index (χ3n) is 5.55. The summed E-state index contributed by atoms with van der Waals surface area (Å²) in [7, 11) is 3.96. The minimum Gasteiger partial charge on any atom is -0.400 e. The largest absolute Gasteiger partial charge is 0.427 e. The standard InChI is InChI=1S/C19H15F5N4OP2.CH4O/c1-27-13-5-12(15-11(20)4-10(7-31-15)17(8-25)2-3-17)26-6-14(13)28(16(27)29)9-18(21,30)19(22,23)24;1-2/h4-7H,2-3,9,30H2,1H3;2H,1H3/p+1. The molecule has 3 aromatic heterocycles. The molecule has 2 atom stereocenters. The van der Waals surface area contributed by atoms with Crippen LogP contribution in [0.4, 0.5) is 22.0 Å². The Labute approximate surface area is 189 Å². The van der Waals surface area contributed by atoms with Gasteiger partial charge in [-0.15, -0.1) is 0 Å². The quantitative estimate of drug-likeness (QED) is 0.433. The number of alkyl halides is 4. The average molecular weight is 505 g/mol. The van der Waals surface area contributed by atoms with E-state index in [1.807, 2.05) is 0 Å². The highest BCUT2D eigenvalue weighted by Crippen LogP contribution is 2.49. The number of aliphatic hydroxyl groups excluding tert-OH is 1. The monoisotopic (exact) mass is 505 g/mol. The predicted octanol–water partition coefficient (Wildman–Crippen LogP) is 3.81. The smallest absolute Gasteiger partial charge is 0.400 e. The average Bonchev–Trinajstić information content (AvgIpc) is 3.54. The van der Waals surface area contributed by atoms with E-state index in [-0.39, 0.29) is 16.3 Å². The molecule has 1 fully saturated rings. The lowest BCUT2D eigenvalue weighted by Gasteiger charge is -2.23. The van der Waals surface area contributed by atoms with Crippen LogP contribution in [0.2, 0.25) is 0 Å². The Bertz CT molecular complexity index is 1310. The highest BCUT2D eigenvalue weighted by Gasteiger charge is 2.53. The molecule has 0 bridgehead atoms. The first-order valence-corrected chi connectivity index (χ1v) is 11.1. The second kappa shape index (κ2) is 8.75. The number of nitriles is 1. The molecule has 4 rings (SSSR count). The van der Waals surface area contributed by atoms with Crippen molar-refractivity contribution in [2.24, 2.45) is 7.05 Å². The van der Waals surface area contributed by atoms with Crippen molar-refractivity contribution in [1.29, 1.82) is 5.26 Å². The molecule has 2 unspecified atom stereocenters. The van der Waals surface area contributed by atoms with E-state index < -0.39 is 35.1 Å². The zero-order valence-electron chi connectivity index (χ0n) is 17.5. The summed E-state index contributed by atoms with van der Waals surface area (Å²) in [5, 5.41) is 12.9. The topological polar surface area (TPSA) is 85.1 Å². The summed E-state index contributed by atoms with van der Waals surface area (Å²) < 4.78 is 69.6. The van der Waals surface area contributed by atoms with Crippen LogP contribution in [0, 0.1) is 17.1 Å². The van der Waals surface area contributed by atoms with Gasteiger partial charge in [-0.05, 0) is 30.3 Å². The minimum atomic E-state index is -5.18. The number of fused-ring (bicyclic) bond motifs is 1. The summed E-state index contributed by atoms with van der Waals surface area (Å²) in [5.74, 6) is 1.22. The predicted molar refractivity (Wildman–Crippen MR) is 116 cm³/mol. The number of nitrogens with zero attached hydrogens (tertiary/aromatic N) is 3. The van der Waals surface area contributed by atoms with Gasteiger partial charge in [0.1, 0.15) is 16.6 Å². The first-order chi connectivity index (χ1) is 15.4. The Morgan fingerprint density at radius 2 is 1.91 bits per heavy atom. The molecule has 1 saturated carbocycles. The van der Waals surface area contributed by atoms with Crippen molar-refractivity contribution in [1.82, 2.24) is 9.13 Å². The number of pyridine rings is 1. The van der Waals surface area contributed by atoms with Gasteiger partial charge in [0.2, 0.25) is 11.1 Å². The number of aromatic amines is 1. The maximum atomic E-state index is 14.8. The van der Waals surface area contributed by atoms with Crippen molar-refractivity contribution in [3.8, 4) is 17.1 Å². The molecule has 0 aromatic carbocycles. The maximum Gasteiger partial charge on any atom is 0.427 e. The second-order valence-corrected chi connectivity index (χ2v) is 9.53. The molecule has 0 spiro atoms. The van der Waals surface area contributed by atoms with Gasteiger partial charge in [-0.1, -0.05) is 17.4 Å². The molecule has 176 valence electrons. The summed E-state index contributed by atoms with van der Waals surface area (Å²) in [5.41, 5.74) is -0.225. The number of H-pyrrole nitrogens is 1. The molecule has 6 nitrogen and oxygen atoms in total. The fourth-order valence-corrected chi connectivity index (χ4v) is 4.67. The Balaban J connectivity index is 0.00000149. The number of imidazole rings is 1. The van der Waals surface area contributed by atoms with Crippen molar-refractivity contribution in [2.75, 3.05) is 7.11 Å². The number of hydrogen-bond donors (Lipinski definition) is 1. The van der Waals surface area contributed by atoms with Crippen LogP contribution >= 0.6 is 17.4 Å². The van der Waals surface area contributed by atoms with E-state index in [9.17, 15) is 32.0 Å². The first-order valence-electron chi connectivity index (χ1n) is 9.58. The summed E-state index contributed by atoms with van der Waals surface area (Å²) in [4.78, 5) is 15.3. The number of halogens is 5. The van der Waals surface area contributed by atoms with E-state index >= 15 is 0 Å². The van der Waals surface area contributed by atoms with Crippen molar-refractivity contribution >= 4 is 28.5 Å². The summed E-state index contributed by atoms with van der Waals surface area (Å²) in [6.45, 7) is -1.24. The molecule has 1 aliphatic rings. The lowest BCUT2D eigenvalue weighted by Crippen LogP contribution is -2.41. The summed E-state index contributed by atoms with van der Waals surface area (Å²) in [6.07, 6.45) is -2.56. The third-order valence-corrected chi connectivity index (χ3v) is 7.18. The number of aryl methyl sites for hydroxylation is 1. The molecule has 0 radical (unpaired) electrons. The van der Waals surface area contributed by atoms with Gasteiger partial charge in [0.25, 0.3) is 0 Å². The molecule has 33 heavy (non-hydrogen) atoms. The van der Waals surface area contributed by atoms with E-state index in [0.717, 1.165) is 20.9 Å². The number of aromatic nitrogens is 3. The van der Waals surface area contributed by atoms with Gasteiger partial charge >= 0.3 is 11.9 Å². The molecule has 0 amide bonds. The van der Waals surface area contributed by atoms with Gasteiger partial charge in [-0.25, -0.2) is 18.6 Å². The van der Waals surface area contributed by atoms with Crippen LogP contribution < -0.4 is 10.7 Å². The molecular formula is C20H20F5N4O2P2+. The van der Waals surface area contributed by atoms with Crippen LogP contribution in [0.5, 0.6) is 0 Å². The van der Waals surface area contributed by atoms with E-state index in [4.69, 9.17) is 5.11 Å². The Morgan fingerprint density at radius 1 is 1.27 bits per heavy atom. The van der Waals surface area contributed by atoms with Crippen LogP contribution in [-0.4, -0.2) is 32.9 Å². The molecular weight excluding hydrogens is 485 g/mol. The Hall–Kier alpha value is -2.40. The number of aliphatic hydroxyl groups is 1. The third kappa shape index (κ3) is 4.40. The Kier molecular flexibility index (Phi) is 6.69. The molecule has 3 aromatic rings. The number of nitrogens with one attached hydrogen (secondary N) is 1. The van der Waals surface area contributed by atoms with Crippen LogP contribution in [0.1, 0.15) is 18.4 Å².